The van der Waals surface area contributed by atoms with Gasteiger partial charge in [-0.25, -0.2) is 18.7 Å². The first-order valence-corrected chi connectivity index (χ1v) is 10.3. The van der Waals surface area contributed by atoms with Gasteiger partial charge in [0, 0.05) is 18.7 Å². The summed E-state index contributed by atoms with van der Waals surface area (Å²) in [5.41, 5.74) is 4.56. The predicted octanol–water partition coefficient (Wildman–Crippen LogP) is 2.15. The van der Waals surface area contributed by atoms with Gasteiger partial charge in [0.25, 0.3) is 5.56 Å². The fourth-order valence-electron chi connectivity index (χ4n) is 3.95. The number of aryl methyl sites for hydroxylation is 1. The Morgan fingerprint density at radius 3 is 2.64 bits per heavy atom. The molecule has 1 atom stereocenters. The average Bonchev–Trinajstić information content (AvgIpc) is 3.41. The van der Waals surface area contributed by atoms with E-state index in [0.717, 1.165) is 15.9 Å². The number of hydrogen-bond acceptors (Lipinski definition) is 5. The SMILES string of the molecule is Cc1ccccc1N1CC(C(=O)Nn2cnc3c(cnn3-c3ccc(F)cc3)c2=O)CC1=O. The number of halogens is 1. The molecule has 2 aromatic heterocycles. The molecule has 1 saturated heterocycles. The van der Waals surface area contributed by atoms with Crippen LogP contribution in [-0.2, 0) is 9.59 Å². The van der Waals surface area contributed by atoms with Gasteiger partial charge in [-0.3, -0.25) is 19.8 Å². The zero-order valence-corrected chi connectivity index (χ0v) is 17.6. The van der Waals surface area contributed by atoms with Gasteiger partial charge in [0.05, 0.1) is 17.8 Å². The number of aromatic nitrogens is 4. The molecule has 10 heteroatoms. The summed E-state index contributed by atoms with van der Waals surface area (Å²) >= 11 is 0. The Morgan fingerprint density at radius 1 is 1.12 bits per heavy atom. The number of nitrogens with zero attached hydrogens (tertiary/aromatic N) is 5. The monoisotopic (exact) mass is 446 g/mol. The predicted molar refractivity (Wildman–Crippen MR) is 119 cm³/mol. The Labute approximate surface area is 187 Å². The Hall–Kier alpha value is -4.34. The molecule has 166 valence electrons. The molecule has 4 aromatic rings. The molecule has 0 spiro atoms. The normalized spacial score (nSPS) is 15.9. The lowest BCUT2D eigenvalue weighted by Crippen LogP contribution is -2.37. The number of para-hydroxylation sites is 1. The zero-order chi connectivity index (χ0) is 23.1. The highest BCUT2D eigenvalue weighted by atomic mass is 19.1. The zero-order valence-electron chi connectivity index (χ0n) is 17.6. The Morgan fingerprint density at radius 2 is 1.88 bits per heavy atom. The van der Waals surface area contributed by atoms with Crippen LogP contribution in [0.1, 0.15) is 12.0 Å². The topological polar surface area (TPSA) is 102 Å². The molecule has 9 nitrogen and oxygen atoms in total. The van der Waals surface area contributed by atoms with Crippen molar-refractivity contribution in [2.24, 2.45) is 5.92 Å². The molecule has 0 saturated carbocycles. The number of fused-ring (bicyclic) bond motifs is 1. The maximum Gasteiger partial charge on any atom is 0.283 e. The van der Waals surface area contributed by atoms with Gasteiger partial charge in [0.2, 0.25) is 11.8 Å². The largest absolute Gasteiger partial charge is 0.311 e. The quantitative estimate of drug-likeness (QED) is 0.518. The summed E-state index contributed by atoms with van der Waals surface area (Å²) in [4.78, 5) is 44.1. The second-order valence-electron chi connectivity index (χ2n) is 7.86. The molecule has 1 fully saturated rings. The molecule has 2 amide bonds. The van der Waals surface area contributed by atoms with E-state index in [9.17, 15) is 18.8 Å². The molecule has 1 aliphatic rings. The van der Waals surface area contributed by atoms with Crippen molar-refractivity contribution in [3.8, 4) is 5.69 Å². The van der Waals surface area contributed by atoms with Crippen LogP contribution < -0.4 is 15.9 Å². The van der Waals surface area contributed by atoms with E-state index in [2.05, 4.69) is 15.5 Å². The maximum atomic E-state index is 13.2. The van der Waals surface area contributed by atoms with Gasteiger partial charge in [-0.05, 0) is 42.8 Å². The van der Waals surface area contributed by atoms with Crippen LogP contribution in [-0.4, -0.2) is 37.8 Å². The number of hydrogen-bond donors (Lipinski definition) is 1. The highest BCUT2D eigenvalue weighted by Crippen LogP contribution is 2.27. The van der Waals surface area contributed by atoms with E-state index < -0.39 is 17.4 Å². The van der Waals surface area contributed by atoms with Crippen LogP contribution in [0.15, 0.2) is 65.8 Å². The van der Waals surface area contributed by atoms with Crippen molar-refractivity contribution >= 4 is 28.5 Å². The first-order chi connectivity index (χ1) is 15.9. The molecule has 1 aliphatic heterocycles. The minimum atomic E-state index is -0.610. The van der Waals surface area contributed by atoms with E-state index in [4.69, 9.17) is 0 Å². The molecular weight excluding hydrogens is 427 g/mol. The summed E-state index contributed by atoms with van der Waals surface area (Å²) in [7, 11) is 0. The van der Waals surface area contributed by atoms with Gasteiger partial charge in [-0.15, -0.1) is 0 Å². The van der Waals surface area contributed by atoms with Gasteiger partial charge in [-0.1, -0.05) is 18.2 Å². The Balaban J connectivity index is 1.37. The lowest BCUT2D eigenvalue weighted by atomic mass is 10.1. The molecule has 1 N–H and O–H groups in total. The highest BCUT2D eigenvalue weighted by molar-refractivity contribution is 6.02. The standard InChI is InChI=1S/C23H19FN6O3/c1-14-4-2-3-5-19(14)28-12-15(10-20(28)31)22(32)27-29-13-25-21-18(23(29)33)11-26-30(21)17-8-6-16(24)7-9-17/h2-9,11,13,15H,10,12H2,1H3,(H,27,32). The fourth-order valence-corrected chi connectivity index (χ4v) is 3.95. The minimum absolute atomic E-state index is 0.0487. The maximum absolute atomic E-state index is 13.2. The third-order valence-corrected chi connectivity index (χ3v) is 5.69. The lowest BCUT2D eigenvalue weighted by molar-refractivity contribution is -0.123. The van der Waals surface area contributed by atoms with Crippen molar-refractivity contribution in [1.29, 1.82) is 0 Å². The van der Waals surface area contributed by atoms with E-state index >= 15 is 0 Å². The molecule has 1 unspecified atom stereocenters. The van der Waals surface area contributed by atoms with Crippen LogP contribution in [0.4, 0.5) is 10.1 Å². The van der Waals surface area contributed by atoms with Crippen LogP contribution in [0.3, 0.4) is 0 Å². The number of rotatable bonds is 4. The summed E-state index contributed by atoms with van der Waals surface area (Å²) in [6.07, 6.45) is 2.59. The summed E-state index contributed by atoms with van der Waals surface area (Å²) in [5, 5.41) is 4.36. The lowest BCUT2D eigenvalue weighted by Gasteiger charge is -2.19. The first-order valence-electron chi connectivity index (χ1n) is 10.3. The third-order valence-electron chi connectivity index (χ3n) is 5.69. The second-order valence-corrected chi connectivity index (χ2v) is 7.86. The molecule has 0 aliphatic carbocycles. The van der Waals surface area contributed by atoms with E-state index in [1.165, 1.54) is 41.5 Å². The number of nitrogens with one attached hydrogen (secondary N) is 1. The van der Waals surface area contributed by atoms with Crippen molar-refractivity contribution in [2.75, 3.05) is 16.9 Å². The number of carbonyl (C=O) groups is 2. The number of benzene rings is 2. The van der Waals surface area contributed by atoms with Gasteiger partial charge in [0.15, 0.2) is 5.65 Å². The number of amides is 2. The van der Waals surface area contributed by atoms with E-state index in [0.29, 0.717) is 5.69 Å². The first kappa shape index (κ1) is 20.6. The van der Waals surface area contributed by atoms with E-state index in [-0.39, 0.29) is 35.7 Å². The minimum Gasteiger partial charge on any atom is -0.311 e. The highest BCUT2D eigenvalue weighted by Gasteiger charge is 2.36. The van der Waals surface area contributed by atoms with Crippen molar-refractivity contribution in [2.45, 2.75) is 13.3 Å². The Kier molecular flexibility index (Phi) is 4.97. The van der Waals surface area contributed by atoms with Crippen LogP contribution in [0, 0.1) is 18.7 Å². The van der Waals surface area contributed by atoms with Crippen molar-refractivity contribution < 1.29 is 14.0 Å². The summed E-state index contributed by atoms with van der Waals surface area (Å²) in [5.74, 6) is -1.60. The van der Waals surface area contributed by atoms with Crippen LogP contribution in [0.2, 0.25) is 0 Å². The fraction of sp³-hybridized carbons (Fsp3) is 0.174. The van der Waals surface area contributed by atoms with Crippen molar-refractivity contribution in [3.05, 3.63) is 82.8 Å². The molecule has 3 heterocycles. The van der Waals surface area contributed by atoms with Gasteiger partial charge in [-0.2, -0.15) is 5.10 Å². The number of carbonyl (C=O) groups excluding carboxylic acids is 2. The second kappa shape index (κ2) is 7.97. The van der Waals surface area contributed by atoms with Gasteiger partial charge in [0.1, 0.15) is 17.5 Å². The number of anilines is 1. The molecule has 0 radical (unpaired) electrons. The van der Waals surface area contributed by atoms with E-state index in [1.807, 2.05) is 31.2 Å². The molecule has 2 aromatic carbocycles. The van der Waals surface area contributed by atoms with Gasteiger partial charge >= 0.3 is 0 Å². The summed E-state index contributed by atoms with van der Waals surface area (Å²) in [6.45, 7) is 2.13. The van der Waals surface area contributed by atoms with Gasteiger partial charge < -0.3 is 4.90 Å². The Bertz CT molecular complexity index is 1440. The molecule has 0 bridgehead atoms. The summed E-state index contributed by atoms with van der Waals surface area (Å²) < 4.78 is 15.6. The van der Waals surface area contributed by atoms with Crippen LogP contribution in [0.5, 0.6) is 0 Å². The molecule has 5 rings (SSSR count). The van der Waals surface area contributed by atoms with Crippen LogP contribution in [0.25, 0.3) is 16.7 Å². The smallest absolute Gasteiger partial charge is 0.283 e. The molecule has 33 heavy (non-hydrogen) atoms. The van der Waals surface area contributed by atoms with Crippen molar-refractivity contribution in [3.63, 3.8) is 0 Å². The average molecular weight is 446 g/mol. The van der Waals surface area contributed by atoms with E-state index in [1.54, 1.807) is 4.90 Å². The summed E-state index contributed by atoms with van der Waals surface area (Å²) in [6, 6.07) is 13.1. The van der Waals surface area contributed by atoms with Crippen LogP contribution >= 0.6 is 0 Å². The molecular formula is C23H19FN6O3. The van der Waals surface area contributed by atoms with Crippen molar-refractivity contribution in [1.82, 2.24) is 19.4 Å². The third kappa shape index (κ3) is 3.65.